The lowest BCUT2D eigenvalue weighted by Crippen LogP contribution is -2.23. The van der Waals surface area contributed by atoms with Gasteiger partial charge in [0.05, 0.1) is 12.7 Å². The van der Waals surface area contributed by atoms with E-state index in [9.17, 15) is 14.4 Å². The van der Waals surface area contributed by atoms with E-state index in [-0.39, 0.29) is 11.5 Å². The van der Waals surface area contributed by atoms with Gasteiger partial charge in [-0.1, -0.05) is 55.8 Å². The highest BCUT2D eigenvalue weighted by molar-refractivity contribution is 5.97. The molecule has 1 N–H and O–H groups in total. The third-order valence-corrected chi connectivity index (χ3v) is 6.06. The Hall–Kier alpha value is -3.74. The van der Waals surface area contributed by atoms with Crippen LogP contribution in [0, 0.1) is 0 Å². The molecule has 1 unspecified atom stereocenters. The minimum Gasteiger partial charge on any atom is -0.465 e. The smallest absolute Gasteiger partial charge is 0.338 e. The summed E-state index contributed by atoms with van der Waals surface area (Å²) >= 11 is 0. The Morgan fingerprint density at radius 1 is 1.15 bits per heavy atom. The number of hydrogen-bond donors (Lipinski definition) is 1. The first kappa shape index (κ1) is 22.5. The molecule has 4 rings (SSSR count). The average Bonchev–Trinajstić information content (AvgIpc) is 3.11. The molecule has 2 heterocycles. The predicted octanol–water partition coefficient (Wildman–Crippen LogP) is 4.14. The molecule has 0 radical (unpaired) electrons. The topological polar surface area (TPSA) is 90.3 Å². The number of nitrogens with zero attached hydrogens (tertiary/aromatic N) is 2. The molecule has 0 bridgehead atoms. The number of benzene rings is 2. The number of unbranched alkanes of at least 4 members (excludes halogenated alkanes) is 1. The standard InChI is InChI=1S/C26H27N3O4/c1-4-5-11-22-21(24(31)28-26-27-23(30)16(2)29(22)26)15-17-12-13-19(18-9-7-6-8-10-18)20(14-17)25(32)33-3/h6-10,12-14,16H,4-5,11,15H2,1-3H3,(H,27,28,30,31). The Balaban J connectivity index is 1.80. The Morgan fingerprint density at radius 3 is 2.61 bits per heavy atom. The van der Waals surface area contributed by atoms with Gasteiger partial charge in [0.25, 0.3) is 5.56 Å². The van der Waals surface area contributed by atoms with Crippen LogP contribution in [0.4, 0.5) is 5.95 Å². The summed E-state index contributed by atoms with van der Waals surface area (Å²) < 4.78 is 6.87. The number of rotatable bonds is 7. The van der Waals surface area contributed by atoms with Crippen LogP contribution in [0.3, 0.4) is 0 Å². The molecule has 0 saturated carbocycles. The molecule has 0 saturated heterocycles. The number of carbonyl (C=O) groups is 2. The number of carbonyl (C=O) groups excluding carboxylic acids is 2. The van der Waals surface area contributed by atoms with Crippen molar-refractivity contribution in [3.05, 3.63) is 81.3 Å². The van der Waals surface area contributed by atoms with Crippen LogP contribution in [-0.4, -0.2) is 28.5 Å². The van der Waals surface area contributed by atoms with Gasteiger partial charge in [-0.3, -0.25) is 14.9 Å². The number of methoxy groups -OCH3 is 1. The van der Waals surface area contributed by atoms with Gasteiger partial charge in [-0.05, 0) is 42.5 Å². The van der Waals surface area contributed by atoms with E-state index in [2.05, 4.69) is 17.2 Å². The molecule has 0 fully saturated rings. The molecule has 1 aliphatic rings. The average molecular weight is 446 g/mol. The first-order chi connectivity index (χ1) is 15.9. The van der Waals surface area contributed by atoms with Crippen molar-refractivity contribution in [2.24, 2.45) is 0 Å². The highest BCUT2D eigenvalue weighted by atomic mass is 16.5. The predicted molar refractivity (Wildman–Crippen MR) is 126 cm³/mol. The van der Waals surface area contributed by atoms with Crippen molar-refractivity contribution >= 4 is 17.8 Å². The Bertz CT molecular complexity index is 1260. The molecule has 1 atom stereocenters. The van der Waals surface area contributed by atoms with Gasteiger partial charge in [0.15, 0.2) is 0 Å². The van der Waals surface area contributed by atoms with E-state index >= 15 is 0 Å². The fourth-order valence-electron chi connectivity index (χ4n) is 4.30. The van der Waals surface area contributed by atoms with Crippen LogP contribution < -0.4 is 10.9 Å². The third kappa shape index (κ3) is 4.31. The first-order valence-electron chi connectivity index (χ1n) is 11.2. The van der Waals surface area contributed by atoms with Gasteiger partial charge in [0.2, 0.25) is 11.9 Å². The van der Waals surface area contributed by atoms with Crippen LogP contribution in [0.5, 0.6) is 0 Å². The van der Waals surface area contributed by atoms with Crippen molar-refractivity contribution in [1.29, 1.82) is 0 Å². The SMILES string of the molecule is CCCCc1c(Cc2ccc(-c3ccccc3)c(C(=O)OC)c2)c(=O)nc2n1C(C)C(=O)N2. The number of amides is 1. The van der Waals surface area contributed by atoms with E-state index in [0.29, 0.717) is 29.9 Å². The largest absolute Gasteiger partial charge is 0.465 e. The molecular formula is C26H27N3O4. The monoisotopic (exact) mass is 445 g/mol. The Labute approximate surface area is 192 Å². The molecule has 7 heteroatoms. The van der Waals surface area contributed by atoms with Gasteiger partial charge >= 0.3 is 5.97 Å². The maximum Gasteiger partial charge on any atom is 0.338 e. The van der Waals surface area contributed by atoms with Gasteiger partial charge in [-0.15, -0.1) is 0 Å². The maximum atomic E-state index is 13.0. The second-order valence-electron chi connectivity index (χ2n) is 8.22. The van der Waals surface area contributed by atoms with E-state index in [1.165, 1.54) is 7.11 Å². The highest BCUT2D eigenvalue weighted by Crippen LogP contribution is 2.29. The van der Waals surface area contributed by atoms with Crippen LogP contribution in [0.1, 0.15) is 59.9 Å². The number of ether oxygens (including phenoxy) is 1. The van der Waals surface area contributed by atoms with Crippen molar-refractivity contribution in [2.45, 2.75) is 45.6 Å². The van der Waals surface area contributed by atoms with Crippen LogP contribution in [-0.2, 0) is 22.4 Å². The lowest BCUT2D eigenvalue weighted by Gasteiger charge is -2.18. The van der Waals surface area contributed by atoms with E-state index in [1.54, 1.807) is 13.0 Å². The third-order valence-electron chi connectivity index (χ3n) is 6.06. The molecule has 170 valence electrons. The van der Waals surface area contributed by atoms with Crippen molar-refractivity contribution < 1.29 is 14.3 Å². The van der Waals surface area contributed by atoms with Crippen molar-refractivity contribution in [2.75, 3.05) is 12.4 Å². The zero-order chi connectivity index (χ0) is 23.5. The summed E-state index contributed by atoms with van der Waals surface area (Å²) in [6.07, 6.45) is 2.82. The van der Waals surface area contributed by atoms with Gasteiger partial charge in [-0.25, -0.2) is 4.79 Å². The quantitative estimate of drug-likeness (QED) is 0.552. The summed E-state index contributed by atoms with van der Waals surface area (Å²) in [5, 5.41) is 2.70. The molecule has 33 heavy (non-hydrogen) atoms. The fourth-order valence-corrected chi connectivity index (χ4v) is 4.30. The van der Waals surface area contributed by atoms with Crippen molar-refractivity contribution in [3.63, 3.8) is 0 Å². The lowest BCUT2D eigenvalue weighted by molar-refractivity contribution is -0.117. The molecule has 0 aliphatic carbocycles. The van der Waals surface area contributed by atoms with Crippen LogP contribution >= 0.6 is 0 Å². The van der Waals surface area contributed by atoms with E-state index in [0.717, 1.165) is 35.2 Å². The number of fused-ring (bicyclic) bond motifs is 1. The summed E-state index contributed by atoms with van der Waals surface area (Å²) in [7, 11) is 1.36. The van der Waals surface area contributed by atoms with Gasteiger partial charge < -0.3 is 9.30 Å². The van der Waals surface area contributed by atoms with Crippen LogP contribution in [0.15, 0.2) is 53.3 Å². The lowest BCUT2D eigenvalue weighted by atomic mass is 9.94. The normalized spacial score (nSPS) is 14.6. The minimum atomic E-state index is -0.436. The molecule has 2 aromatic carbocycles. The summed E-state index contributed by atoms with van der Waals surface area (Å²) in [4.78, 5) is 41.9. The molecule has 7 nitrogen and oxygen atoms in total. The summed E-state index contributed by atoms with van der Waals surface area (Å²) in [6, 6.07) is 14.8. The molecule has 1 aromatic heterocycles. The summed E-state index contributed by atoms with van der Waals surface area (Å²) in [5.41, 5.74) is 3.94. The minimum absolute atomic E-state index is 0.169. The van der Waals surface area contributed by atoms with Crippen molar-refractivity contribution in [3.8, 4) is 11.1 Å². The zero-order valence-corrected chi connectivity index (χ0v) is 19.1. The van der Waals surface area contributed by atoms with Gasteiger partial charge in [0.1, 0.15) is 6.04 Å². The summed E-state index contributed by atoms with van der Waals surface area (Å²) in [6.45, 7) is 3.89. The molecule has 1 amide bonds. The molecular weight excluding hydrogens is 418 g/mol. The van der Waals surface area contributed by atoms with Crippen molar-refractivity contribution in [1.82, 2.24) is 9.55 Å². The van der Waals surface area contributed by atoms with Crippen LogP contribution in [0.2, 0.25) is 0 Å². The zero-order valence-electron chi connectivity index (χ0n) is 19.1. The second-order valence-corrected chi connectivity index (χ2v) is 8.22. The molecule has 0 spiro atoms. The first-order valence-corrected chi connectivity index (χ1v) is 11.2. The van der Waals surface area contributed by atoms with E-state index in [1.807, 2.05) is 47.0 Å². The molecule has 1 aliphatic heterocycles. The van der Waals surface area contributed by atoms with Gasteiger partial charge in [-0.2, -0.15) is 4.98 Å². The highest BCUT2D eigenvalue weighted by Gasteiger charge is 2.31. The second kappa shape index (κ2) is 9.40. The number of anilines is 1. The van der Waals surface area contributed by atoms with E-state index < -0.39 is 12.0 Å². The van der Waals surface area contributed by atoms with Crippen LogP contribution in [0.25, 0.3) is 11.1 Å². The molecule has 3 aromatic rings. The number of nitrogens with one attached hydrogen (secondary N) is 1. The number of esters is 1. The Morgan fingerprint density at radius 2 is 1.91 bits per heavy atom. The number of aromatic nitrogens is 2. The maximum absolute atomic E-state index is 13.0. The number of hydrogen-bond acceptors (Lipinski definition) is 5. The summed E-state index contributed by atoms with van der Waals surface area (Å²) in [5.74, 6) is -0.298. The van der Waals surface area contributed by atoms with E-state index in [4.69, 9.17) is 4.74 Å². The fraction of sp³-hybridized carbons (Fsp3) is 0.308. The Kier molecular flexibility index (Phi) is 6.40. The van der Waals surface area contributed by atoms with Gasteiger partial charge in [0, 0.05) is 17.7 Å².